The van der Waals surface area contributed by atoms with Crippen molar-refractivity contribution in [3.8, 4) is 0 Å². The largest absolute Gasteiger partial charge is 0.341 e. The molecule has 0 atom stereocenters. The first-order chi connectivity index (χ1) is 6.55. The lowest BCUT2D eigenvalue weighted by atomic mass is 10.1. The van der Waals surface area contributed by atoms with Crippen molar-refractivity contribution in [3.63, 3.8) is 0 Å². The highest BCUT2D eigenvalue weighted by Gasteiger charge is 2.29. The van der Waals surface area contributed by atoms with Crippen molar-refractivity contribution in [2.75, 3.05) is 25.4 Å². The zero-order valence-electron chi connectivity index (χ0n) is 9.49. The molecule has 0 aliphatic carbocycles. The molecule has 0 aromatic heterocycles. The van der Waals surface area contributed by atoms with Gasteiger partial charge in [-0.25, -0.2) is 0 Å². The molecule has 0 aromatic rings. The SMILES string of the molecule is CC1(C)CN(C(=O)CCCN)CCS1.Cl. The maximum Gasteiger partial charge on any atom is 0.222 e. The molecule has 0 radical (unpaired) electrons. The average molecular weight is 253 g/mol. The molecule has 1 heterocycles. The summed E-state index contributed by atoms with van der Waals surface area (Å²) in [6, 6.07) is 0. The quantitative estimate of drug-likeness (QED) is 0.828. The van der Waals surface area contributed by atoms with Crippen LogP contribution < -0.4 is 5.73 Å². The van der Waals surface area contributed by atoms with Crippen molar-refractivity contribution in [1.29, 1.82) is 0 Å². The molecule has 3 nitrogen and oxygen atoms in total. The first-order valence-electron chi connectivity index (χ1n) is 5.17. The monoisotopic (exact) mass is 252 g/mol. The van der Waals surface area contributed by atoms with Gasteiger partial charge in [-0.1, -0.05) is 0 Å². The second kappa shape index (κ2) is 6.61. The van der Waals surface area contributed by atoms with E-state index < -0.39 is 0 Å². The Morgan fingerprint density at radius 2 is 2.20 bits per heavy atom. The van der Waals surface area contributed by atoms with E-state index >= 15 is 0 Å². The summed E-state index contributed by atoms with van der Waals surface area (Å²) in [6.07, 6.45) is 1.42. The van der Waals surface area contributed by atoms with Gasteiger partial charge in [0.05, 0.1) is 0 Å². The van der Waals surface area contributed by atoms with E-state index in [2.05, 4.69) is 13.8 Å². The predicted octanol–water partition coefficient (Wildman–Crippen LogP) is 1.50. The molecule has 0 unspecified atom stereocenters. The fourth-order valence-corrected chi connectivity index (χ4v) is 2.75. The Labute approximate surface area is 103 Å². The second-order valence-electron chi connectivity index (χ2n) is 4.32. The van der Waals surface area contributed by atoms with E-state index in [4.69, 9.17) is 5.73 Å². The van der Waals surface area contributed by atoms with Gasteiger partial charge in [0.1, 0.15) is 0 Å². The Morgan fingerprint density at radius 3 is 2.73 bits per heavy atom. The van der Waals surface area contributed by atoms with Crippen LogP contribution in [0.1, 0.15) is 26.7 Å². The maximum atomic E-state index is 11.7. The molecular formula is C10H21ClN2OS. The predicted molar refractivity (Wildman–Crippen MR) is 68.7 cm³/mol. The molecule has 0 bridgehead atoms. The van der Waals surface area contributed by atoms with Gasteiger partial charge in [-0.3, -0.25) is 4.79 Å². The van der Waals surface area contributed by atoms with Crippen LogP contribution in [0.4, 0.5) is 0 Å². The number of hydrogen-bond donors (Lipinski definition) is 1. The van der Waals surface area contributed by atoms with E-state index in [0.717, 1.165) is 25.3 Å². The Morgan fingerprint density at radius 1 is 1.53 bits per heavy atom. The number of halogens is 1. The summed E-state index contributed by atoms with van der Waals surface area (Å²) >= 11 is 1.95. The molecule has 0 saturated carbocycles. The highest BCUT2D eigenvalue weighted by Crippen LogP contribution is 2.29. The molecule has 1 aliphatic rings. The zero-order chi connectivity index (χ0) is 10.6. The molecule has 1 aliphatic heterocycles. The summed E-state index contributed by atoms with van der Waals surface area (Å²) in [6.45, 7) is 6.77. The summed E-state index contributed by atoms with van der Waals surface area (Å²) in [7, 11) is 0. The van der Waals surface area contributed by atoms with Crippen molar-refractivity contribution in [3.05, 3.63) is 0 Å². The Hall–Kier alpha value is 0.0700. The number of hydrogen-bond acceptors (Lipinski definition) is 3. The van der Waals surface area contributed by atoms with E-state index in [1.54, 1.807) is 0 Å². The molecule has 90 valence electrons. The smallest absolute Gasteiger partial charge is 0.222 e. The molecule has 2 N–H and O–H groups in total. The van der Waals surface area contributed by atoms with Crippen molar-refractivity contribution in [1.82, 2.24) is 4.90 Å². The summed E-state index contributed by atoms with van der Waals surface area (Å²) < 4.78 is 0.219. The Kier molecular flexibility index (Phi) is 6.64. The van der Waals surface area contributed by atoms with Crippen LogP contribution in [-0.2, 0) is 4.79 Å². The zero-order valence-corrected chi connectivity index (χ0v) is 11.1. The first kappa shape index (κ1) is 15.1. The summed E-state index contributed by atoms with van der Waals surface area (Å²) in [5.41, 5.74) is 5.38. The summed E-state index contributed by atoms with van der Waals surface area (Å²) in [5, 5.41) is 0. The van der Waals surface area contributed by atoms with Gasteiger partial charge in [0, 0.05) is 30.0 Å². The average Bonchev–Trinajstić information content (AvgIpc) is 2.12. The normalized spacial score (nSPS) is 19.5. The van der Waals surface area contributed by atoms with Crippen LogP contribution >= 0.6 is 24.2 Å². The molecule has 1 rings (SSSR count). The molecule has 5 heteroatoms. The van der Waals surface area contributed by atoms with Crippen molar-refractivity contribution < 1.29 is 4.79 Å². The third-order valence-electron chi connectivity index (χ3n) is 2.37. The molecule has 1 amide bonds. The van der Waals surface area contributed by atoms with E-state index in [1.165, 1.54) is 0 Å². The van der Waals surface area contributed by atoms with E-state index in [0.29, 0.717) is 13.0 Å². The lowest BCUT2D eigenvalue weighted by Crippen LogP contribution is -2.46. The van der Waals surface area contributed by atoms with Gasteiger partial charge in [-0.05, 0) is 26.8 Å². The van der Waals surface area contributed by atoms with Gasteiger partial charge in [-0.15, -0.1) is 12.4 Å². The van der Waals surface area contributed by atoms with Gasteiger partial charge in [0.25, 0.3) is 0 Å². The van der Waals surface area contributed by atoms with Crippen LogP contribution in [0.15, 0.2) is 0 Å². The van der Waals surface area contributed by atoms with Crippen LogP contribution in [-0.4, -0.2) is 40.9 Å². The van der Waals surface area contributed by atoms with Gasteiger partial charge < -0.3 is 10.6 Å². The standard InChI is InChI=1S/C10H20N2OS.ClH/c1-10(2)8-12(6-7-14-10)9(13)4-3-5-11;/h3-8,11H2,1-2H3;1H. The fraction of sp³-hybridized carbons (Fsp3) is 0.900. The minimum absolute atomic E-state index is 0. The van der Waals surface area contributed by atoms with Crippen LogP contribution in [0.5, 0.6) is 0 Å². The molecule has 1 fully saturated rings. The minimum atomic E-state index is 0. The van der Waals surface area contributed by atoms with Crippen molar-refractivity contribution in [2.45, 2.75) is 31.4 Å². The summed E-state index contributed by atoms with van der Waals surface area (Å²) in [5.74, 6) is 1.32. The second-order valence-corrected chi connectivity index (χ2v) is 6.12. The number of carbonyl (C=O) groups is 1. The molecule has 15 heavy (non-hydrogen) atoms. The van der Waals surface area contributed by atoms with E-state index in [9.17, 15) is 4.79 Å². The number of nitrogens with zero attached hydrogens (tertiary/aromatic N) is 1. The van der Waals surface area contributed by atoms with Gasteiger partial charge in [-0.2, -0.15) is 11.8 Å². The van der Waals surface area contributed by atoms with Crippen molar-refractivity contribution >= 4 is 30.1 Å². The lowest BCUT2D eigenvalue weighted by Gasteiger charge is -2.37. The first-order valence-corrected chi connectivity index (χ1v) is 6.15. The Bertz CT molecular complexity index is 212. The van der Waals surface area contributed by atoms with Gasteiger partial charge in [0.15, 0.2) is 0 Å². The molecule has 1 saturated heterocycles. The Balaban J connectivity index is 0.00000196. The molecule has 0 spiro atoms. The number of nitrogens with two attached hydrogens (primary N) is 1. The lowest BCUT2D eigenvalue weighted by molar-refractivity contribution is -0.131. The third kappa shape index (κ3) is 5.09. The van der Waals surface area contributed by atoms with Gasteiger partial charge >= 0.3 is 0 Å². The molecule has 0 aromatic carbocycles. The number of amides is 1. The fourth-order valence-electron chi connectivity index (χ4n) is 1.64. The van der Waals surface area contributed by atoms with Crippen LogP contribution in [0, 0.1) is 0 Å². The van der Waals surface area contributed by atoms with E-state index in [-0.39, 0.29) is 23.1 Å². The summed E-state index contributed by atoms with van der Waals surface area (Å²) in [4.78, 5) is 13.7. The number of rotatable bonds is 3. The van der Waals surface area contributed by atoms with Crippen molar-refractivity contribution in [2.24, 2.45) is 5.73 Å². The van der Waals surface area contributed by atoms with Crippen LogP contribution in [0.3, 0.4) is 0 Å². The minimum Gasteiger partial charge on any atom is -0.341 e. The topological polar surface area (TPSA) is 46.3 Å². The third-order valence-corrected chi connectivity index (χ3v) is 3.67. The maximum absolute atomic E-state index is 11.7. The number of carbonyl (C=O) groups excluding carboxylic acids is 1. The molecular weight excluding hydrogens is 232 g/mol. The number of thioether (sulfide) groups is 1. The van der Waals surface area contributed by atoms with Gasteiger partial charge in [0.2, 0.25) is 5.91 Å². The van der Waals surface area contributed by atoms with Crippen LogP contribution in [0.2, 0.25) is 0 Å². The van der Waals surface area contributed by atoms with Crippen LogP contribution in [0.25, 0.3) is 0 Å². The van der Waals surface area contributed by atoms with E-state index in [1.807, 2.05) is 16.7 Å². The highest BCUT2D eigenvalue weighted by molar-refractivity contribution is 8.00. The highest BCUT2D eigenvalue weighted by atomic mass is 35.5.